The first-order valence-corrected chi connectivity index (χ1v) is 8.81. The number of halogens is 3. The Hall–Kier alpha value is -2.64. The molecule has 0 aliphatic carbocycles. The van der Waals surface area contributed by atoms with Crippen LogP contribution < -0.4 is 10.2 Å². The highest BCUT2D eigenvalue weighted by molar-refractivity contribution is 6.03. The average molecular weight is 378 g/mol. The molecule has 5 nitrogen and oxygen atoms in total. The maximum absolute atomic E-state index is 12.6. The van der Waals surface area contributed by atoms with Crippen LogP contribution in [-0.4, -0.2) is 29.0 Å². The summed E-state index contributed by atoms with van der Waals surface area (Å²) in [7, 11) is 0. The number of alkyl halides is 3. The maximum atomic E-state index is 12.6. The highest BCUT2D eigenvalue weighted by atomic mass is 19.4. The molecular formula is C19H21F3N4O. The Morgan fingerprint density at radius 1 is 1.15 bits per heavy atom. The number of nitrogens with zero attached hydrogens (tertiary/aromatic N) is 3. The van der Waals surface area contributed by atoms with Crippen molar-refractivity contribution in [2.45, 2.75) is 32.9 Å². The molecule has 0 bridgehead atoms. The Morgan fingerprint density at radius 3 is 2.37 bits per heavy atom. The van der Waals surface area contributed by atoms with Crippen molar-refractivity contribution < 1.29 is 18.0 Å². The van der Waals surface area contributed by atoms with Crippen molar-refractivity contribution in [2.75, 3.05) is 23.3 Å². The third kappa shape index (κ3) is 4.75. The summed E-state index contributed by atoms with van der Waals surface area (Å²) in [5, 5.41) is 2.59. The summed E-state index contributed by atoms with van der Waals surface area (Å²) in [5.74, 6) is 0.694. The zero-order valence-corrected chi connectivity index (χ0v) is 15.2. The molecule has 1 aromatic carbocycles. The third-order valence-corrected chi connectivity index (χ3v) is 4.61. The number of aromatic nitrogens is 2. The van der Waals surface area contributed by atoms with Crippen LogP contribution in [0, 0.1) is 12.8 Å². The number of carbonyl (C=O) groups is 1. The molecule has 8 heteroatoms. The van der Waals surface area contributed by atoms with Gasteiger partial charge in [0.15, 0.2) is 0 Å². The van der Waals surface area contributed by atoms with E-state index in [0.29, 0.717) is 17.6 Å². The Labute approximate surface area is 155 Å². The van der Waals surface area contributed by atoms with Gasteiger partial charge in [-0.1, -0.05) is 6.92 Å². The molecule has 0 unspecified atom stereocenters. The van der Waals surface area contributed by atoms with Gasteiger partial charge in [-0.2, -0.15) is 13.2 Å². The lowest BCUT2D eigenvalue weighted by Crippen LogP contribution is -2.34. The van der Waals surface area contributed by atoms with Crippen molar-refractivity contribution in [3.05, 3.63) is 47.3 Å². The SMILES string of the molecule is Cc1cc(C(=O)Nc2ccc(C(F)(F)F)cc2)nc(N2CCC(C)CC2)n1. The molecule has 0 atom stereocenters. The van der Waals surface area contributed by atoms with Crippen molar-refractivity contribution >= 4 is 17.5 Å². The van der Waals surface area contributed by atoms with Crippen LogP contribution in [-0.2, 0) is 6.18 Å². The highest BCUT2D eigenvalue weighted by Gasteiger charge is 2.30. The second-order valence-corrected chi connectivity index (χ2v) is 6.89. The summed E-state index contributed by atoms with van der Waals surface area (Å²) in [6, 6.07) is 5.88. The lowest BCUT2D eigenvalue weighted by atomic mass is 10.00. The zero-order valence-electron chi connectivity index (χ0n) is 15.2. The van der Waals surface area contributed by atoms with Crippen molar-refractivity contribution in [3.63, 3.8) is 0 Å². The third-order valence-electron chi connectivity index (χ3n) is 4.61. The first kappa shape index (κ1) is 19.1. The average Bonchev–Trinajstić information content (AvgIpc) is 2.61. The number of anilines is 2. The van der Waals surface area contributed by atoms with Gasteiger partial charge in [0, 0.05) is 24.5 Å². The number of aryl methyl sites for hydroxylation is 1. The molecule has 27 heavy (non-hydrogen) atoms. The van der Waals surface area contributed by atoms with E-state index in [1.54, 1.807) is 13.0 Å². The summed E-state index contributed by atoms with van der Waals surface area (Å²) in [6.07, 6.45) is -2.32. The van der Waals surface area contributed by atoms with E-state index in [4.69, 9.17) is 0 Å². The van der Waals surface area contributed by atoms with Crippen molar-refractivity contribution in [3.8, 4) is 0 Å². The van der Waals surface area contributed by atoms with Crippen LogP contribution >= 0.6 is 0 Å². The Morgan fingerprint density at radius 2 is 1.78 bits per heavy atom. The lowest BCUT2D eigenvalue weighted by Gasteiger charge is -2.30. The molecule has 1 aliphatic rings. The fourth-order valence-electron chi connectivity index (χ4n) is 2.96. The van der Waals surface area contributed by atoms with Crippen LogP contribution in [0.2, 0.25) is 0 Å². The van der Waals surface area contributed by atoms with E-state index >= 15 is 0 Å². The lowest BCUT2D eigenvalue weighted by molar-refractivity contribution is -0.137. The zero-order chi connectivity index (χ0) is 19.6. The molecule has 0 radical (unpaired) electrons. The molecule has 3 rings (SSSR count). The largest absolute Gasteiger partial charge is 0.416 e. The minimum absolute atomic E-state index is 0.191. The molecule has 1 aromatic heterocycles. The van der Waals surface area contributed by atoms with Crippen LogP contribution in [0.25, 0.3) is 0 Å². The van der Waals surface area contributed by atoms with Gasteiger partial charge in [0.05, 0.1) is 5.56 Å². The number of nitrogens with one attached hydrogen (secondary N) is 1. The van der Waals surface area contributed by atoms with E-state index in [2.05, 4.69) is 27.1 Å². The maximum Gasteiger partial charge on any atom is 0.416 e. The normalized spacial score (nSPS) is 15.7. The molecule has 144 valence electrons. The predicted octanol–water partition coefficient (Wildman–Crippen LogP) is 4.29. The minimum atomic E-state index is -4.41. The van der Waals surface area contributed by atoms with Gasteiger partial charge in [0.1, 0.15) is 5.69 Å². The van der Waals surface area contributed by atoms with Gasteiger partial charge in [-0.05, 0) is 56.0 Å². The van der Waals surface area contributed by atoms with E-state index in [0.717, 1.165) is 38.1 Å². The number of piperidine rings is 1. The van der Waals surface area contributed by atoms with Gasteiger partial charge in [-0.15, -0.1) is 0 Å². The number of amides is 1. The number of hydrogen-bond donors (Lipinski definition) is 1. The first-order valence-electron chi connectivity index (χ1n) is 8.81. The number of carbonyl (C=O) groups excluding carboxylic acids is 1. The van der Waals surface area contributed by atoms with Gasteiger partial charge in [0.2, 0.25) is 5.95 Å². The molecule has 1 N–H and O–H groups in total. The molecule has 0 saturated carbocycles. The van der Waals surface area contributed by atoms with E-state index in [1.807, 2.05) is 0 Å². The molecule has 1 aliphatic heterocycles. The highest BCUT2D eigenvalue weighted by Crippen LogP contribution is 2.30. The minimum Gasteiger partial charge on any atom is -0.341 e. The standard InChI is InChI=1S/C19H21F3N4O/c1-12-7-9-26(10-8-12)18-23-13(2)11-16(25-18)17(27)24-15-5-3-14(4-6-15)19(20,21)22/h3-6,11-12H,7-10H2,1-2H3,(H,24,27). The van der Waals surface area contributed by atoms with Gasteiger partial charge in [-0.3, -0.25) is 4.79 Å². The monoisotopic (exact) mass is 378 g/mol. The van der Waals surface area contributed by atoms with Crippen LogP contribution in [0.15, 0.2) is 30.3 Å². The number of hydrogen-bond acceptors (Lipinski definition) is 4. The summed E-state index contributed by atoms with van der Waals surface area (Å²) in [4.78, 5) is 23.3. The Bertz CT molecular complexity index is 813. The van der Waals surface area contributed by atoms with E-state index in [9.17, 15) is 18.0 Å². The second kappa shape index (κ2) is 7.54. The number of benzene rings is 1. The molecule has 2 aromatic rings. The smallest absolute Gasteiger partial charge is 0.341 e. The van der Waals surface area contributed by atoms with Crippen LogP contribution in [0.4, 0.5) is 24.8 Å². The van der Waals surface area contributed by atoms with Crippen LogP contribution in [0.5, 0.6) is 0 Å². The van der Waals surface area contributed by atoms with Crippen molar-refractivity contribution in [2.24, 2.45) is 5.92 Å². The van der Waals surface area contributed by atoms with Gasteiger partial charge in [0.25, 0.3) is 5.91 Å². The molecular weight excluding hydrogens is 357 g/mol. The van der Waals surface area contributed by atoms with Crippen molar-refractivity contribution in [1.29, 1.82) is 0 Å². The summed E-state index contributed by atoms with van der Waals surface area (Å²) in [5.41, 5.74) is 0.366. The van der Waals surface area contributed by atoms with Crippen LogP contribution in [0.1, 0.15) is 41.5 Å². The number of rotatable bonds is 3. The Balaban J connectivity index is 1.74. The summed E-state index contributed by atoms with van der Waals surface area (Å²) in [6.45, 7) is 5.67. The first-order chi connectivity index (χ1) is 12.7. The predicted molar refractivity (Wildman–Crippen MR) is 96.8 cm³/mol. The second-order valence-electron chi connectivity index (χ2n) is 6.89. The fourth-order valence-corrected chi connectivity index (χ4v) is 2.96. The van der Waals surface area contributed by atoms with E-state index in [1.165, 1.54) is 12.1 Å². The van der Waals surface area contributed by atoms with E-state index in [-0.39, 0.29) is 11.4 Å². The fraction of sp³-hybridized carbons (Fsp3) is 0.421. The summed E-state index contributed by atoms with van der Waals surface area (Å²) >= 11 is 0. The molecule has 1 fully saturated rings. The van der Waals surface area contributed by atoms with Gasteiger partial charge < -0.3 is 10.2 Å². The molecule has 1 saturated heterocycles. The Kier molecular flexibility index (Phi) is 5.34. The van der Waals surface area contributed by atoms with Gasteiger partial charge >= 0.3 is 6.18 Å². The summed E-state index contributed by atoms with van der Waals surface area (Å²) < 4.78 is 37.9. The molecule has 2 heterocycles. The molecule has 0 spiro atoms. The van der Waals surface area contributed by atoms with Crippen LogP contribution in [0.3, 0.4) is 0 Å². The van der Waals surface area contributed by atoms with Crippen molar-refractivity contribution in [1.82, 2.24) is 9.97 Å². The van der Waals surface area contributed by atoms with E-state index < -0.39 is 17.6 Å². The topological polar surface area (TPSA) is 58.1 Å². The quantitative estimate of drug-likeness (QED) is 0.866. The van der Waals surface area contributed by atoms with Gasteiger partial charge in [-0.25, -0.2) is 9.97 Å². The molecule has 1 amide bonds.